The fourth-order valence-corrected chi connectivity index (χ4v) is 5.38. The highest BCUT2D eigenvalue weighted by Crippen LogP contribution is 2.36. The number of pyridine rings is 2. The van der Waals surface area contributed by atoms with E-state index in [0.29, 0.717) is 30.9 Å². The summed E-state index contributed by atoms with van der Waals surface area (Å²) in [6.45, 7) is 1.80. The molecule has 0 saturated carbocycles. The van der Waals surface area contributed by atoms with Gasteiger partial charge in [0, 0.05) is 57.9 Å². The summed E-state index contributed by atoms with van der Waals surface area (Å²) in [6.07, 6.45) is 5.89. The third-order valence-electron chi connectivity index (χ3n) is 7.28. The van der Waals surface area contributed by atoms with E-state index in [4.69, 9.17) is 15.5 Å². The lowest BCUT2D eigenvalue weighted by Gasteiger charge is -2.24. The Balaban J connectivity index is 1.26. The number of likely N-dealkylation sites (tertiary alicyclic amines) is 1. The van der Waals surface area contributed by atoms with E-state index in [2.05, 4.69) is 19.9 Å². The molecule has 198 valence electrons. The number of ether oxygens (including phenoxy) is 1. The first kappa shape index (κ1) is 25.6. The molecule has 0 bridgehead atoms. The number of nitrogens with zero attached hydrogens (tertiary/aromatic N) is 5. The van der Waals surface area contributed by atoms with Crippen molar-refractivity contribution in [1.29, 1.82) is 0 Å². The third-order valence-corrected chi connectivity index (χ3v) is 7.28. The monoisotopic (exact) mass is 515 g/mol. The average molecular weight is 516 g/mol. The van der Waals surface area contributed by atoms with Crippen LogP contribution in [0.4, 0.5) is 5.82 Å². The number of unbranched alkanes of at least 4 members (excludes halogenated alkanes) is 1. The van der Waals surface area contributed by atoms with Gasteiger partial charge in [0.15, 0.2) is 5.82 Å². The molecular weight excluding hydrogens is 482 g/mol. The molecule has 3 N–H and O–H groups in total. The van der Waals surface area contributed by atoms with Crippen LogP contribution in [0.15, 0.2) is 48.8 Å². The van der Waals surface area contributed by atoms with E-state index in [1.807, 2.05) is 36.4 Å². The van der Waals surface area contributed by atoms with Gasteiger partial charge in [-0.2, -0.15) is 0 Å². The molecule has 38 heavy (non-hydrogen) atoms. The molecule has 1 aliphatic rings. The number of benzene rings is 1. The first-order valence-corrected chi connectivity index (χ1v) is 12.9. The van der Waals surface area contributed by atoms with Crippen molar-refractivity contribution in [3.63, 3.8) is 0 Å². The van der Waals surface area contributed by atoms with E-state index >= 15 is 0 Å². The molecular formula is C28H33N7O3. The Morgan fingerprint density at radius 1 is 1.18 bits per heavy atom. The first-order chi connectivity index (χ1) is 18.5. The minimum absolute atomic E-state index is 0.0319. The van der Waals surface area contributed by atoms with Crippen LogP contribution >= 0.6 is 0 Å². The quantitative estimate of drug-likeness (QED) is 0.311. The zero-order chi connectivity index (χ0) is 26.6. The summed E-state index contributed by atoms with van der Waals surface area (Å²) in [5.74, 6) is 0.757. The van der Waals surface area contributed by atoms with E-state index in [1.165, 1.54) is 0 Å². The second-order valence-corrected chi connectivity index (χ2v) is 9.68. The molecule has 5 rings (SSSR count). The van der Waals surface area contributed by atoms with Crippen molar-refractivity contribution in [1.82, 2.24) is 29.7 Å². The molecule has 2 atom stereocenters. The van der Waals surface area contributed by atoms with Crippen LogP contribution in [0.3, 0.4) is 0 Å². The Kier molecular flexibility index (Phi) is 7.50. The number of methoxy groups -OCH3 is 1. The summed E-state index contributed by atoms with van der Waals surface area (Å²) in [4.78, 5) is 40.7. The molecule has 10 nitrogen and oxygen atoms in total. The Hall–Kier alpha value is -4.05. The van der Waals surface area contributed by atoms with E-state index in [1.54, 1.807) is 31.5 Å². The van der Waals surface area contributed by atoms with E-state index in [0.717, 1.165) is 47.2 Å². The summed E-state index contributed by atoms with van der Waals surface area (Å²) < 4.78 is 7.52. The number of nitrogen functional groups attached to an aromatic ring is 1. The number of para-hydroxylation sites is 1. The Morgan fingerprint density at radius 3 is 2.82 bits per heavy atom. The van der Waals surface area contributed by atoms with Crippen LogP contribution in [-0.2, 0) is 27.3 Å². The number of amides is 2. The number of nitrogens with two attached hydrogens (primary N) is 1. The summed E-state index contributed by atoms with van der Waals surface area (Å²) in [6, 6.07) is 11.4. The van der Waals surface area contributed by atoms with Crippen LogP contribution in [0.1, 0.15) is 36.7 Å². The maximum Gasteiger partial charge on any atom is 0.226 e. The lowest BCUT2D eigenvalue weighted by Crippen LogP contribution is -2.35. The minimum Gasteiger partial charge on any atom is -0.384 e. The topological polar surface area (TPSA) is 128 Å². The first-order valence-electron chi connectivity index (χ1n) is 12.9. The number of aromatic nitrogens is 4. The van der Waals surface area contributed by atoms with Gasteiger partial charge >= 0.3 is 0 Å². The zero-order valence-corrected chi connectivity index (χ0v) is 21.8. The summed E-state index contributed by atoms with van der Waals surface area (Å²) >= 11 is 0. The molecule has 1 fully saturated rings. The van der Waals surface area contributed by atoms with E-state index < -0.39 is 5.92 Å². The van der Waals surface area contributed by atoms with Crippen LogP contribution in [-0.4, -0.2) is 63.5 Å². The van der Waals surface area contributed by atoms with Crippen LogP contribution in [0, 0.1) is 5.92 Å². The van der Waals surface area contributed by atoms with Crippen molar-refractivity contribution in [2.75, 3.05) is 33.0 Å². The maximum absolute atomic E-state index is 13.1. The standard InChI is InChI=1S/C28H33N7O3/c1-34-23(36)16-20(25(34)18-8-7-12-30-17-18)28(37)31-13-5-6-14-35-22(11-15-38-2)33-24-26(35)19-9-3-4-10-21(19)32-27(24)29/h3-4,7-10,12,17,20,25H,5-6,11,13-16H2,1-2H3,(H2,29,32)(H,31,37). The van der Waals surface area contributed by atoms with Crippen LogP contribution in [0.2, 0.25) is 0 Å². The number of hydrogen-bond donors (Lipinski definition) is 2. The van der Waals surface area contributed by atoms with Crippen LogP contribution in [0.5, 0.6) is 0 Å². The summed E-state index contributed by atoms with van der Waals surface area (Å²) in [5, 5.41) is 4.07. The molecule has 1 aromatic carbocycles. The normalized spacial score (nSPS) is 17.5. The Bertz CT molecular complexity index is 1450. The predicted octanol–water partition coefficient (Wildman–Crippen LogP) is 2.87. The van der Waals surface area contributed by atoms with E-state index in [9.17, 15) is 9.59 Å². The minimum atomic E-state index is -0.434. The number of fused-ring (bicyclic) bond motifs is 3. The lowest BCUT2D eigenvalue weighted by atomic mass is 9.94. The molecule has 0 spiro atoms. The number of hydrogen-bond acceptors (Lipinski definition) is 7. The molecule has 4 heterocycles. The summed E-state index contributed by atoms with van der Waals surface area (Å²) in [7, 11) is 3.42. The number of carbonyl (C=O) groups is 2. The lowest BCUT2D eigenvalue weighted by molar-refractivity contribution is -0.128. The Morgan fingerprint density at radius 2 is 2.03 bits per heavy atom. The molecule has 3 aromatic heterocycles. The van der Waals surface area contributed by atoms with Gasteiger partial charge in [0.25, 0.3) is 0 Å². The van der Waals surface area contributed by atoms with Crippen molar-refractivity contribution < 1.29 is 14.3 Å². The fraction of sp³-hybridized carbons (Fsp3) is 0.393. The zero-order valence-electron chi connectivity index (χ0n) is 21.8. The molecule has 1 aliphatic heterocycles. The highest BCUT2D eigenvalue weighted by Gasteiger charge is 2.42. The SMILES string of the molecule is COCCc1nc2c(N)nc3ccccc3c2n1CCCCNC(=O)C1CC(=O)N(C)C1c1cccnc1. The number of imidazole rings is 1. The van der Waals surface area contributed by atoms with Crippen molar-refractivity contribution in [3.05, 3.63) is 60.2 Å². The van der Waals surface area contributed by atoms with E-state index in [-0.39, 0.29) is 24.3 Å². The second-order valence-electron chi connectivity index (χ2n) is 9.68. The van der Waals surface area contributed by atoms with Crippen molar-refractivity contribution in [3.8, 4) is 0 Å². The largest absolute Gasteiger partial charge is 0.384 e. The van der Waals surface area contributed by atoms with Gasteiger partial charge < -0.3 is 25.3 Å². The molecule has 0 aliphatic carbocycles. The number of nitrogens with one attached hydrogen (secondary N) is 1. The number of aryl methyl sites for hydroxylation is 1. The second kappa shape index (κ2) is 11.1. The van der Waals surface area contributed by atoms with Gasteiger partial charge in [-0.25, -0.2) is 9.97 Å². The van der Waals surface area contributed by atoms with Gasteiger partial charge in [-0.1, -0.05) is 24.3 Å². The van der Waals surface area contributed by atoms with Gasteiger partial charge in [-0.3, -0.25) is 14.6 Å². The van der Waals surface area contributed by atoms with Crippen molar-refractivity contribution in [2.24, 2.45) is 5.92 Å². The third kappa shape index (κ3) is 4.91. The highest BCUT2D eigenvalue weighted by molar-refractivity contribution is 6.06. The predicted molar refractivity (Wildman–Crippen MR) is 145 cm³/mol. The Labute approximate surface area is 221 Å². The summed E-state index contributed by atoms with van der Waals surface area (Å²) in [5.41, 5.74) is 9.68. The number of rotatable bonds is 10. The van der Waals surface area contributed by atoms with Crippen LogP contribution < -0.4 is 11.1 Å². The molecule has 2 unspecified atom stereocenters. The average Bonchev–Trinajstić information content (AvgIpc) is 3.45. The molecule has 10 heteroatoms. The van der Waals surface area contributed by atoms with Crippen molar-refractivity contribution >= 4 is 39.6 Å². The molecule has 2 amide bonds. The number of anilines is 1. The van der Waals surface area contributed by atoms with Crippen molar-refractivity contribution in [2.45, 2.75) is 38.3 Å². The van der Waals surface area contributed by atoms with Gasteiger partial charge in [-0.15, -0.1) is 0 Å². The van der Waals surface area contributed by atoms with Gasteiger partial charge in [0.2, 0.25) is 11.8 Å². The van der Waals surface area contributed by atoms with Gasteiger partial charge in [-0.05, 0) is 30.5 Å². The molecule has 4 aromatic rings. The van der Waals surface area contributed by atoms with Crippen LogP contribution in [0.25, 0.3) is 21.9 Å². The smallest absolute Gasteiger partial charge is 0.226 e. The maximum atomic E-state index is 13.1. The van der Waals surface area contributed by atoms with Gasteiger partial charge in [0.05, 0.1) is 29.6 Å². The number of carbonyl (C=O) groups excluding carboxylic acids is 2. The van der Waals surface area contributed by atoms with Gasteiger partial charge in [0.1, 0.15) is 11.3 Å². The highest BCUT2D eigenvalue weighted by atomic mass is 16.5. The fourth-order valence-electron chi connectivity index (χ4n) is 5.38. The molecule has 0 radical (unpaired) electrons. The molecule has 1 saturated heterocycles.